The van der Waals surface area contributed by atoms with E-state index in [1.165, 1.54) is 12.1 Å². The van der Waals surface area contributed by atoms with Crippen LogP contribution in [0.4, 0.5) is 10.1 Å². The minimum Gasteiger partial charge on any atom is -0.325 e. The second kappa shape index (κ2) is 4.84. The molecule has 1 amide bonds. The summed E-state index contributed by atoms with van der Waals surface area (Å²) in [6.07, 6.45) is 1.40. The Labute approximate surface area is 111 Å². The van der Waals surface area contributed by atoms with E-state index >= 15 is 0 Å². The van der Waals surface area contributed by atoms with E-state index in [2.05, 4.69) is 5.32 Å². The fraction of sp³-hybridized carbons (Fsp3) is 0.188. The Morgan fingerprint density at radius 1 is 1.11 bits per heavy atom. The first-order chi connectivity index (χ1) is 9.24. The molecule has 19 heavy (non-hydrogen) atoms. The first kappa shape index (κ1) is 11.9. The molecule has 0 fully saturated rings. The number of hydrogen-bond donors (Lipinski definition) is 1. The third-order valence-electron chi connectivity index (χ3n) is 3.55. The average molecular weight is 255 g/mol. The summed E-state index contributed by atoms with van der Waals surface area (Å²) in [5, 5.41) is 2.89. The lowest BCUT2D eigenvalue weighted by Crippen LogP contribution is -2.19. The van der Waals surface area contributed by atoms with Crippen LogP contribution in [-0.4, -0.2) is 5.91 Å². The number of amides is 1. The van der Waals surface area contributed by atoms with Crippen LogP contribution in [0.2, 0.25) is 0 Å². The number of rotatable bonds is 1. The summed E-state index contributed by atoms with van der Waals surface area (Å²) < 4.78 is 13.2. The van der Waals surface area contributed by atoms with Crippen LogP contribution < -0.4 is 5.32 Å². The zero-order valence-electron chi connectivity index (χ0n) is 10.4. The topological polar surface area (TPSA) is 29.1 Å². The zero-order chi connectivity index (χ0) is 13.2. The van der Waals surface area contributed by atoms with Gasteiger partial charge in [0.05, 0.1) is 5.92 Å². The predicted octanol–water partition coefficient (Wildman–Crippen LogP) is 3.49. The molecule has 1 aliphatic heterocycles. The molecule has 1 heterocycles. The molecule has 0 saturated heterocycles. The van der Waals surface area contributed by atoms with Crippen molar-refractivity contribution in [3.8, 4) is 0 Å². The Kier molecular flexibility index (Phi) is 3.03. The summed E-state index contributed by atoms with van der Waals surface area (Å²) in [5.74, 6) is -0.445. The molecule has 2 aromatic rings. The van der Waals surface area contributed by atoms with Crippen molar-refractivity contribution in [2.45, 2.75) is 18.8 Å². The molecule has 2 nitrogen and oxygen atoms in total. The Bertz CT molecular complexity index is 609. The number of anilines is 1. The highest BCUT2D eigenvalue weighted by molar-refractivity contribution is 5.97. The molecule has 2 aromatic carbocycles. The molecule has 0 radical (unpaired) electrons. The summed E-state index contributed by atoms with van der Waals surface area (Å²) in [7, 11) is 0. The molecule has 1 aliphatic rings. The van der Waals surface area contributed by atoms with E-state index in [-0.39, 0.29) is 17.6 Å². The van der Waals surface area contributed by atoms with Gasteiger partial charge in [0.2, 0.25) is 5.91 Å². The van der Waals surface area contributed by atoms with Gasteiger partial charge in [-0.1, -0.05) is 30.3 Å². The van der Waals surface area contributed by atoms with Gasteiger partial charge in [-0.05, 0) is 42.2 Å². The highest BCUT2D eigenvalue weighted by Gasteiger charge is 2.24. The van der Waals surface area contributed by atoms with Crippen LogP contribution in [0.15, 0.2) is 48.5 Å². The maximum absolute atomic E-state index is 13.2. The van der Waals surface area contributed by atoms with Gasteiger partial charge in [0.25, 0.3) is 0 Å². The minimum absolute atomic E-state index is 0.0171. The lowest BCUT2D eigenvalue weighted by atomic mass is 9.93. The molecule has 0 aromatic heterocycles. The second-order valence-electron chi connectivity index (χ2n) is 4.79. The van der Waals surface area contributed by atoms with Crippen molar-refractivity contribution in [1.29, 1.82) is 0 Å². The molecular weight excluding hydrogens is 241 g/mol. The Hall–Kier alpha value is -2.16. The summed E-state index contributed by atoms with van der Waals surface area (Å²) >= 11 is 0. The molecule has 0 aliphatic carbocycles. The van der Waals surface area contributed by atoms with Gasteiger partial charge in [-0.25, -0.2) is 4.39 Å². The highest BCUT2D eigenvalue weighted by atomic mass is 19.1. The van der Waals surface area contributed by atoms with Crippen molar-refractivity contribution in [2.24, 2.45) is 0 Å². The summed E-state index contributed by atoms with van der Waals surface area (Å²) in [6.45, 7) is 0. The van der Waals surface area contributed by atoms with Crippen molar-refractivity contribution in [3.05, 3.63) is 65.5 Å². The van der Waals surface area contributed by atoms with Gasteiger partial charge in [-0.2, -0.15) is 0 Å². The van der Waals surface area contributed by atoms with Crippen LogP contribution in [0.1, 0.15) is 23.5 Å². The quantitative estimate of drug-likeness (QED) is 0.830. The number of hydrogen-bond acceptors (Lipinski definition) is 1. The third-order valence-corrected chi connectivity index (χ3v) is 3.55. The number of carbonyl (C=O) groups excluding carboxylic acids is 1. The van der Waals surface area contributed by atoms with Crippen LogP contribution in [0, 0.1) is 5.82 Å². The van der Waals surface area contributed by atoms with Crippen molar-refractivity contribution in [2.75, 3.05) is 5.32 Å². The molecule has 0 bridgehead atoms. The molecule has 0 saturated carbocycles. The first-order valence-corrected chi connectivity index (χ1v) is 6.38. The van der Waals surface area contributed by atoms with E-state index in [4.69, 9.17) is 0 Å². The molecule has 0 spiro atoms. The van der Waals surface area contributed by atoms with E-state index in [9.17, 15) is 9.18 Å². The maximum atomic E-state index is 13.2. The van der Waals surface area contributed by atoms with Gasteiger partial charge >= 0.3 is 0 Å². The monoisotopic (exact) mass is 255 g/mol. The third kappa shape index (κ3) is 2.36. The van der Waals surface area contributed by atoms with Crippen LogP contribution in [0.3, 0.4) is 0 Å². The first-order valence-electron chi connectivity index (χ1n) is 6.38. The van der Waals surface area contributed by atoms with Crippen LogP contribution >= 0.6 is 0 Å². The molecule has 0 unspecified atom stereocenters. The van der Waals surface area contributed by atoms with Gasteiger partial charge in [0.1, 0.15) is 5.82 Å². The molecule has 3 rings (SSSR count). The SMILES string of the molecule is O=C1Nc2ccc(F)cc2CC[C@H]1c1ccccc1. The number of aryl methyl sites for hydroxylation is 1. The fourth-order valence-corrected chi connectivity index (χ4v) is 2.55. The normalized spacial score (nSPS) is 18.4. The largest absolute Gasteiger partial charge is 0.325 e. The van der Waals surface area contributed by atoms with Crippen molar-refractivity contribution >= 4 is 11.6 Å². The highest BCUT2D eigenvalue weighted by Crippen LogP contribution is 2.30. The number of carbonyl (C=O) groups is 1. The van der Waals surface area contributed by atoms with E-state index in [1.807, 2.05) is 30.3 Å². The smallest absolute Gasteiger partial charge is 0.231 e. The predicted molar refractivity (Wildman–Crippen MR) is 72.5 cm³/mol. The van der Waals surface area contributed by atoms with Crippen LogP contribution in [0.5, 0.6) is 0 Å². The summed E-state index contributed by atoms with van der Waals surface area (Å²) in [6, 6.07) is 14.2. The van der Waals surface area contributed by atoms with E-state index in [0.29, 0.717) is 12.8 Å². The van der Waals surface area contributed by atoms with Crippen molar-refractivity contribution in [3.63, 3.8) is 0 Å². The number of halogens is 1. The molecule has 1 atom stereocenters. The van der Waals surface area contributed by atoms with E-state index in [1.54, 1.807) is 6.07 Å². The van der Waals surface area contributed by atoms with Crippen LogP contribution in [-0.2, 0) is 11.2 Å². The zero-order valence-corrected chi connectivity index (χ0v) is 10.4. The standard InChI is InChI=1S/C16H14FNO/c17-13-7-9-15-12(10-13)6-8-14(16(19)18-15)11-4-2-1-3-5-11/h1-5,7,9-10,14H,6,8H2,(H,18,19)/t14-/m0/s1. The van der Waals surface area contributed by atoms with E-state index in [0.717, 1.165) is 16.8 Å². The number of benzene rings is 2. The lowest BCUT2D eigenvalue weighted by molar-refractivity contribution is -0.117. The molecule has 3 heteroatoms. The molecule has 1 N–H and O–H groups in total. The maximum Gasteiger partial charge on any atom is 0.231 e. The molecule has 96 valence electrons. The summed E-state index contributed by atoms with van der Waals surface area (Å²) in [4.78, 5) is 12.3. The van der Waals surface area contributed by atoms with Gasteiger partial charge in [-0.3, -0.25) is 4.79 Å². The van der Waals surface area contributed by atoms with Gasteiger partial charge in [0, 0.05) is 5.69 Å². The second-order valence-corrected chi connectivity index (χ2v) is 4.79. The van der Waals surface area contributed by atoms with Gasteiger partial charge in [0.15, 0.2) is 0 Å². The fourth-order valence-electron chi connectivity index (χ4n) is 2.55. The number of fused-ring (bicyclic) bond motifs is 1. The Morgan fingerprint density at radius 3 is 2.68 bits per heavy atom. The summed E-state index contributed by atoms with van der Waals surface area (Å²) in [5.41, 5.74) is 2.60. The Balaban J connectivity index is 1.92. The minimum atomic E-state index is -0.258. The van der Waals surface area contributed by atoms with Crippen LogP contribution in [0.25, 0.3) is 0 Å². The number of nitrogens with one attached hydrogen (secondary N) is 1. The Morgan fingerprint density at radius 2 is 1.89 bits per heavy atom. The molecular formula is C16H14FNO. The van der Waals surface area contributed by atoms with Gasteiger partial charge in [-0.15, -0.1) is 0 Å². The van der Waals surface area contributed by atoms with E-state index < -0.39 is 0 Å². The lowest BCUT2D eigenvalue weighted by Gasteiger charge is -2.13. The van der Waals surface area contributed by atoms with Gasteiger partial charge < -0.3 is 5.32 Å². The van der Waals surface area contributed by atoms with Crippen molar-refractivity contribution < 1.29 is 9.18 Å². The average Bonchev–Trinajstić information content (AvgIpc) is 2.58. The van der Waals surface area contributed by atoms with Crippen molar-refractivity contribution in [1.82, 2.24) is 0 Å².